The van der Waals surface area contributed by atoms with Crippen LogP contribution in [0.4, 0.5) is 0 Å². The molecule has 0 unspecified atom stereocenters. The third kappa shape index (κ3) is 1.77. The van der Waals surface area contributed by atoms with Crippen LogP contribution in [-0.2, 0) is 0 Å². The average molecular weight is 162 g/mol. The van der Waals surface area contributed by atoms with E-state index < -0.39 is 4.87 Å². The Bertz CT molecular complexity index is 134. The van der Waals surface area contributed by atoms with Crippen LogP contribution in [0.5, 0.6) is 0 Å². The lowest BCUT2D eigenvalue weighted by Crippen LogP contribution is -2.24. The predicted octanol–water partition coefficient (Wildman–Crippen LogP) is 2.01. The molecular formula is C6H8ClNS. The van der Waals surface area contributed by atoms with Gasteiger partial charge in [-0.2, -0.15) is 17.0 Å². The second-order valence-corrected chi connectivity index (χ2v) is 4.14. The highest BCUT2D eigenvalue weighted by atomic mass is 35.5. The molecule has 0 radical (unpaired) electrons. The Labute approximate surface area is 64.4 Å². The van der Waals surface area contributed by atoms with Crippen LogP contribution >= 0.6 is 23.4 Å². The van der Waals surface area contributed by atoms with Crippen molar-refractivity contribution in [2.24, 2.45) is 0 Å². The molecule has 0 aromatic carbocycles. The fraction of sp³-hybridized carbons (Fsp3) is 0.833. The summed E-state index contributed by atoms with van der Waals surface area (Å²) in [6.07, 6.45) is 1.69. The Hall–Kier alpha value is 0.130. The number of nitriles is 1. The van der Waals surface area contributed by atoms with Gasteiger partial charge in [-0.3, -0.25) is 0 Å². The van der Waals surface area contributed by atoms with E-state index in [9.17, 15) is 0 Å². The van der Waals surface area contributed by atoms with Crippen molar-refractivity contribution in [2.45, 2.75) is 17.7 Å². The average Bonchev–Trinajstić information content (AvgIpc) is 1.90. The van der Waals surface area contributed by atoms with Crippen molar-refractivity contribution in [2.75, 3.05) is 11.5 Å². The minimum absolute atomic E-state index is 0.523. The maximum atomic E-state index is 8.56. The molecular weight excluding hydrogens is 154 g/mol. The lowest BCUT2D eigenvalue weighted by Gasteiger charge is -2.22. The number of hydrogen-bond donors (Lipinski definition) is 0. The number of alkyl halides is 1. The number of nitrogens with zero attached hydrogens (tertiary/aromatic N) is 1. The van der Waals surface area contributed by atoms with Gasteiger partial charge in [-0.05, 0) is 24.3 Å². The van der Waals surface area contributed by atoms with Crippen LogP contribution in [0.2, 0.25) is 0 Å². The largest absolute Gasteiger partial charge is 0.196 e. The van der Waals surface area contributed by atoms with E-state index in [2.05, 4.69) is 6.07 Å². The van der Waals surface area contributed by atoms with Crippen LogP contribution in [0, 0.1) is 11.3 Å². The van der Waals surface area contributed by atoms with Crippen LogP contribution < -0.4 is 0 Å². The molecule has 3 heteroatoms. The van der Waals surface area contributed by atoms with Crippen LogP contribution in [0.15, 0.2) is 0 Å². The van der Waals surface area contributed by atoms with Gasteiger partial charge in [0, 0.05) is 0 Å². The highest BCUT2D eigenvalue weighted by Gasteiger charge is 2.28. The van der Waals surface area contributed by atoms with Gasteiger partial charge in [-0.1, -0.05) is 0 Å². The zero-order valence-electron chi connectivity index (χ0n) is 5.06. The summed E-state index contributed by atoms with van der Waals surface area (Å²) in [5.41, 5.74) is 0. The lowest BCUT2D eigenvalue weighted by molar-refractivity contribution is 0.655. The van der Waals surface area contributed by atoms with Gasteiger partial charge in [0.15, 0.2) is 0 Å². The van der Waals surface area contributed by atoms with Crippen LogP contribution in [0.25, 0.3) is 0 Å². The third-order valence-corrected chi connectivity index (χ3v) is 2.93. The first-order valence-electron chi connectivity index (χ1n) is 2.95. The molecule has 0 aliphatic carbocycles. The summed E-state index contributed by atoms with van der Waals surface area (Å²) in [5.74, 6) is 2.08. The Morgan fingerprint density at radius 3 is 2.33 bits per heavy atom. The summed E-state index contributed by atoms with van der Waals surface area (Å²) < 4.78 is 0. The quantitative estimate of drug-likeness (QED) is 0.508. The van der Waals surface area contributed by atoms with Gasteiger partial charge < -0.3 is 0 Å². The second-order valence-electron chi connectivity index (χ2n) is 2.19. The summed E-state index contributed by atoms with van der Waals surface area (Å²) >= 11 is 7.76. The normalized spacial score (nSPS) is 24.9. The van der Waals surface area contributed by atoms with Gasteiger partial charge in [0.2, 0.25) is 0 Å². The molecule has 0 atom stereocenters. The molecule has 0 amide bonds. The lowest BCUT2D eigenvalue weighted by atomic mass is 10.0. The predicted molar refractivity (Wildman–Crippen MR) is 40.8 cm³/mol. The third-order valence-electron chi connectivity index (χ3n) is 1.49. The van der Waals surface area contributed by atoms with Gasteiger partial charge in [0.05, 0.1) is 6.07 Å². The number of halogens is 1. The van der Waals surface area contributed by atoms with Gasteiger partial charge >= 0.3 is 0 Å². The van der Waals surface area contributed by atoms with Crippen molar-refractivity contribution >= 4 is 23.4 Å². The van der Waals surface area contributed by atoms with E-state index in [4.69, 9.17) is 16.9 Å². The van der Waals surface area contributed by atoms with Crippen molar-refractivity contribution in [3.8, 4) is 6.07 Å². The minimum atomic E-state index is -0.523. The molecule has 0 bridgehead atoms. The van der Waals surface area contributed by atoms with E-state index in [1.807, 2.05) is 11.8 Å². The molecule has 1 aliphatic rings. The first-order chi connectivity index (χ1) is 4.27. The summed E-state index contributed by atoms with van der Waals surface area (Å²) in [6, 6.07) is 2.13. The maximum absolute atomic E-state index is 8.56. The number of hydrogen-bond acceptors (Lipinski definition) is 2. The Morgan fingerprint density at radius 2 is 2.00 bits per heavy atom. The van der Waals surface area contributed by atoms with Gasteiger partial charge in [-0.25, -0.2) is 0 Å². The highest BCUT2D eigenvalue weighted by Crippen LogP contribution is 2.31. The molecule has 1 fully saturated rings. The van der Waals surface area contributed by atoms with Crippen molar-refractivity contribution in [3.05, 3.63) is 0 Å². The van der Waals surface area contributed by atoms with Gasteiger partial charge in [-0.15, -0.1) is 11.6 Å². The van der Waals surface area contributed by atoms with Gasteiger partial charge in [0.25, 0.3) is 0 Å². The SMILES string of the molecule is N#CC1(Cl)CCSCC1. The number of thioether (sulfide) groups is 1. The number of rotatable bonds is 0. The van der Waals surface area contributed by atoms with E-state index in [1.165, 1.54) is 0 Å². The molecule has 1 rings (SSSR count). The molecule has 1 heterocycles. The fourth-order valence-electron chi connectivity index (χ4n) is 0.807. The van der Waals surface area contributed by atoms with Crippen molar-refractivity contribution in [1.29, 1.82) is 5.26 Å². The van der Waals surface area contributed by atoms with Crippen LogP contribution in [0.3, 0.4) is 0 Å². The van der Waals surface area contributed by atoms with Crippen molar-refractivity contribution < 1.29 is 0 Å². The standard InChI is InChI=1S/C6H8ClNS/c7-6(5-8)1-3-9-4-2-6/h1-4H2. The highest BCUT2D eigenvalue weighted by molar-refractivity contribution is 7.99. The van der Waals surface area contributed by atoms with E-state index in [-0.39, 0.29) is 0 Å². The molecule has 0 N–H and O–H groups in total. The zero-order chi connectivity index (χ0) is 6.74. The molecule has 1 nitrogen and oxygen atoms in total. The fourth-order valence-corrected chi connectivity index (χ4v) is 2.41. The molecule has 9 heavy (non-hydrogen) atoms. The van der Waals surface area contributed by atoms with E-state index in [1.54, 1.807) is 0 Å². The maximum Gasteiger partial charge on any atom is 0.132 e. The monoisotopic (exact) mass is 161 g/mol. The smallest absolute Gasteiger partial charge is 0.132 e. The summed E-state index contributed by atoms with van der Waals surface area (Å²) in [4.78, 5) is -0.523. The van der Waals surface area contributed by atoms with E-state index in [0.717, 1.165) is 24.3 Å². The molecule has 1 saturated heterocycles. The topological polar surface area (TPSA) is 23.8 Å². The summed E-state index contributed by atoms with van der Waals surface area (Å²) in [6.45, 7) is 0. The van der Waals surface area contributed by atoms with Crippen LogP contribution in [-0.4, -0.2) is 16.4 Å². The minimum Gasteiger partial charge on any atom is -0.196 e. The first kappa shape index (κ1) is 7.24. The van der Waals surface area contributed by atoms with Crippen LogP contribution in [0.1, 0.15) is 12.8 Å². The summed E-state index contributed by atoms with van der Waals surface area (Å²) in [5, 5.41) is 8.56. The first-order valence-corrected chi connectivity index (χ1v) is 4.48. The molecule has 0 aromatic rings. The van der Waals surface area contributed by atoms with Crippen molar-refractivity contribution in [3.63, 3.8) is 0 Å². The summed E-state index contributed by atoms with van der Waals surface area (Å²) in [7, 11) is 0. The Kier molecular flexibility index (Phi) is 2.26. The molecule has 0 saturated carbocycles. The molecule has 50 valence electrons. The van der Waals surface area contributed by atoms with Gasteiger partial charge in [0.1, 0.15) is 4.87 Å². The molecule has 0 spiro atoms. The van der Waals surface area contributed by atoms with E-state index >= 15 is 0 Å². The Morgan fingerprint density at radius 1 is 1.44 bits per heavy atom. The molecule has 1 aliphatic heterocycles. The van der Waals surface area contributed by atoms with Crippen molar-refractivity contribution in [1.82, 2.24) is 0 Å². The Balaban J connectivity index is 2.49. The zero-order valence-corrected chi connectivity index (χ0v) is 6.63. The molecule has 0 aromatic heterocycles. The van der Waals surface area contributed by atoms with E-state index in [0.29, 0.717) is 0 Å². The second kappa shape index (κ2) is 2.81.